The second-order valence-electron chi connectivity index (χ2n) is 6.01. The molecular weight excluding hydrogens is 263 g/mol. The molecule has 0 amide bonds. The van der Waals surface area contributed by atoms with Crippen molar-refractivity contribution in [1.29, 1.82) is 0 Å². The molecule has 1 heterocycles. The minimum absolute atomic E-state index is 0.0347. The summed E-state index contributed by atoms with van der Waals surface area (Å²) in [6, 6.07) is 0. The molecule has 1 rings (SSSR count). The quantitative estimate of drug-likeness (QED) is 0.538. The summed E-state index contributed by atoms with van der Waals surface area (Å²) in [5.74, 6) is 0.328. The van der Waals surface area contributed by atoms with Crippen molar-refractivity contribution in [2.75, 3.05) is 6.61 Å². The van der Waals surface area contributed by atoms with Gasteiger partial charge >= 0.3 is 7.60 Å². The average Bonchev–Trinajstić information content (AvgIpc) is 2.22. The first kappa shape index (κ1) is 16.2. The minimum Gasteiger partial charge on any atom is -0.306 e. The first-order chi connectivity index (χ1) is 8.24. The van der Waals surface area contributed by atoms with Gasteiger partial charge < -0.3 is 9.05 Å². The Bertz CT molecular complexity index is 360. The van der Waals surface area contributed by atoms with Gasteiger partial charge in [-0.25, -0.2) is 0 Å². The summed E-state index contributed by atoms with van der Waals surface area (Å²) in [5, 5.41) is 0. The van der Waals surface area contributed by atoms with Gasteiger partial charge in [-0.3, -0.25) is 4.57 Å². The van der Waals surface area contributed by atoms with Crippen molar-refractivity contribution in [2.24, 2.45) is 5.92 Å². The smallest absolute Gasteiger partial charge is 0.306 e. The predicted octanol–water partition coefficient (Wildman–Crippen LogP) is 4.81. The zero-order chi connectivity index (χ0) is 14.0. The Morgan fingerprint density at radius 2 is 2.00 bits per heavy atom. The molecule has 0 aromatic carbocycles. The Morgan fingerprint density at radius 1 is 1.39 bits per heavy atom. The lowest BCUT2D eigenvalue weighted by Gasteiger charge is -2.37. The monoisotopic (exact) mass is 290 g/mol. The molecule has 1 aliphatic heterocycles. The molecule has 0 spiro atoms. The van der Waals surface area contributed by atoms with E-state index in [2.05, 4.69) is 39.6 Å². The highest BCUT2D eigenvalue weighted by Gasteiger charge is 2.44. The molecule has 0 N–H and O–H groups in total. The average molecular weight is 290 g/mol. The van der Waals surface area contributed by atoms with Gasteiger partial charge in [0.15, 0.2) is 0 Å². The molecule has 0 saturated heterocycles. The van der Waals surface area contributed by atoms with Crippen molar-refractivity contribution in [2.45, 2.75) is 59.4 Å². The molecule has 0 saturated carbocycles. The van der Waals surface area contributed by atoms with E-state index in [0.29, 0.717) is 12.5 Å². The topological polar surface area (TPSA) is 35.5 Å². The highest BCUT2D eigenvalue weighted by molar-refractivity contribution is 7.62. The second kappa shape index (κ2) is 6.04. The van der Waals surface area contributed by atoms with E-state index in [0.717, 1.165) is 17.8 Å². The van der Waals surface area contributed by atoms with Crippen LogP contribution < -0.4 is 0 Å². The summed E-state index contributed by atoms with van der Waals surface area (Å²) < 4.78 is 24.4. The van der Waals surface area contributed by atoms with E-state index in [1.54, 1.807) is 0 Å². The van der Waals surface area contributed by atoms with Gasteiger partial charge in [0, 0.05) is 10.9 Å². The first-order valence-corrected chi connectivity index (χ1v) is 11.9. The highest BCUT2D eigenvalue weighted by atomic mass is 31.2. The maximum absolute atomic E-state index is 13.0. The molecule has 0 radical (unpaired) electrons. The van der Waals surface area contributed by atoms with Crippen molar-refractivity contribution in [3.05, 3.63) is 11.0 Å². The van der Waals surface area contributed by atoms with Gasteiger partial charge in [0.05, 0.1) is 20.8 Å². The van der Waals surface area contributed by atoms with E-state index < -0.39 is 15.7 Å². The Labute approximate surface area is 112 Å². The summed E-state index contributed by atoms with van der Waals surface area (Å²) in [5.41, 5.74) is 0. The van der Waals surface area contributed by atoms with Gasteiger partial charge in [0.2, 0.25) is 0 Å². The molecule has 5 heteroatoms. The van der Waals surface area contributed by atoms with Crippen LogP contribution in [-0.4, -0.2) is 20.8 Å². The van der Waals surface area contributed by atoms with Gasteiger partial charge in [-0.1, -0.05) is 46.0 Å². The van der Waals surface area contributed by atoms with Crippen LogP contribution in [-0.2, 0) is 13.6 Å². The molecular formula is C13H27O3PSi. The SMILES string of the molecule is CCC[C@@H]1OP(=O)(OCC)C([Si](C)(C)C)=C[C@@H]1C. The van der Waals surface area contributed by atoms with E-state index >= 15 is 0 Å². The van der Waals surface area contributed by atoms with Crippen LogP contribution in [0.2, 0.25) is 19.6 Å². The van der Waals surface area contributed by atoms with Crippen LogP contribution in [0, 0.1) is 5.92 Å². The van der Waals surface area contributed by atoms with Gasteiger partial charge in [-0.05, 0) is 13.3 Å². The molecule has 0 aromatic rings. The van der Waals surface area contributed by atoms with Crippen LogP contribution in [0.3, 0.4) is 0 Å². The molecule has 106 valence electrons. The normalized spacial score (nSPS) is 33.3. The highest BCUT2D eigenvalue weighted by Crippen LogP contribution is 2.63. The molecule has 0 aliphatic carbocycles. The molecule has 1 unspecified atom stereocenters. The second-order valence-corrected chi connectivity index (χ2v) is 13.4. The summed E-state index contributed by atoms with van der Waals surface area (Å²) in [7, 11) is -4.72. The Morgan fingerprint density at radius 3 is 2.44 bits per heavy atom. The van der Waals surface area contributed by atoms with Crippen LogP contribution in [0.4, 0.5) is 0 Å². The molecule has 0 aromatic heterocycles. The number of hydrogen-bond donors (Lipinski definition) is 0. The van der Waals surface area contributed by atoms with E-state index in [-0.39, 0.29) is 6.10 Å². The molecule has 0 bridgehead atoms. The first-order valence-electron chi connectivity index (χ1n) is 6.90. The molecule has 3 nitrogen and oxygen atoms in total. The maximum Gasteiger partial charge on any atom is 0.353 e. The van der Waals surface area contributed by atoms with Gasteiger partial charge in [0.25, 0.3) is 0 Å². The van der Waals surface area contributed by atoms with Gasteiger partial charge in [-0.2, -0.15) is 0 Å². The summed E-state index contributed by atoms with van der Waals surface area (Å²) >= 11 is 0. The number of rotatable bonds is 5. The predicted molar refractivity (Wildman–Crippen MR) is 79.6 cm³/mol. The third-order valence-electron chi connectivity index (χ3n) is 3.22. The third kappa shape index (κ3) is 3.57. The largest absolute Gasteiger partial charge is 0.353 e. The molecule has 1 aliphatic rings. The van der Waals surface area contributed by atoms with Crippen LogP contribution in [0.5, 0.6) is 0 Å². The van der Waals surface area contributed by atoms with Crippen LogP contribution in [0.1, 0.15) is 33.6 Å². The molecule has 0 fully saturated rings. The summed E-state index contributed by atoms with van der Waals surface area (Å²) in [6.45, 7) is 13.2. The lowest BCUT2D eigenvalue weighted by Crippen LogP contribution is -2.33. The fourth-order valence-electron chi connectivity index (χ4n) is 2.31. The van der Waals surface area contributed by atoms with Crippen molar-refractivity contribution < 1.29 is 13.6 Å². The zero-order valence-corrected chi connectivity index (χ0v) is 14.4. The Kier molecular flexibility index (Phi) is 5.42. The van der Waals surface area contributed by atoms with E-state index in [1.165, 1.54) is 0 Å². The van der Waals surface area contributed by atoms with Crippen molar-refractivity contribution in [3.63, 3.8) is 0 Å². The minimum atomic E-state index is -3.05. The molecule has 18 heavy (non-hydrogen) atoms. The van der Waals surface area contributed by atoms with Crippen molar-refractivity contribution >= 4 is 15.7 Å². The van der Waals surface area contributed by atoms with E-state index in [1.807, 2.05) is 6.92 Å². The summed E-state index contributed by atoms with van der Waals surface area (Å²) in [6.07, 6.45) is 4.18. The van der Waals surface area contributed by atoms with Crippen molar-refractivity contribution in [1.82, 2.24) is 0 Å². The lowest BCUT2D eigenvalue weighted by atomic mass is 10.0. The lowest BCUT2D eigenvalue weighted by molar-refractivity contribution is 0.114. The fraction of sp³-hybridized carbons (Fsp3) is 0.846. The van der Waals surface area contributed by atoms with E-state index in [9.17, 15) is 4.57 Å². The van der Waals surface area contributed by atoms with E-state index in [4.69, 9.17) is 9.05 Å². The maximum atomic E-state index is 13.0. The zero-order valence-electron chi connectivity index (χ0n) is 12.5. The van der Waals surface area contributed by atoms with Gasteiger partial charge in [0.1, 0.15) is 0 Å². The Hall–Kier alpha value is 0.107. The number of hydrogen-bond acceptors (Lipinski definition) is 3. The van der Waals surface area contributed by atoms with Crippen molar-refractivity contribution in [3.8, 4) is 0 Å². The third-order valence-corrected chi connectivity index (χ3v) is 9.64. The fourth-order valence-corrected chi connectivity index (χ4v) is 8.44. The summed E-state index contributed by atoms with van der Waals surface area (Å²) in [4.78, 5) is 0.969. The van der Waals surface area contributed by atoms with Gasteiger partial charge in [-0.15, -0.1) is 0 Å². The standard InChI is InChI=1S/C13H27O3PSi/c1-7-9-12-11(3)10-13(18(4,5)6)17(14,16-12)15-8-2/h10-12H,7-9H2,1-6H3/t11-,12-,17?/m0/s1. The Balaban J connectivity index is 3.12. The van der Waals surface area contributed by atoms with Crippen LogP contribution >= 0.6 is 7.60 Å². The van der Waals surface area contributed by atoms with Crippen LogP contribution in [0.15, 0.2) is 11.0 Å². The van der Waals surface area contributed by atoms with Crippen LogP contribution in [0.25, 0.3) is 0 Å². The molecule has 3 atom stereocenters.